The number of carbonyl (C=O) groups excluding carboxylic acids is 1. The van der Waals surface area contributed by atoms with Crippen molar-refractivity contribution in [2.45, 2.75) is 0 Å². The molecule has 0 aliphatic heterocycles. The molecule has 0 heterocycles. The SMILES string of the molecule is [N-]=[N+]=NCCOCCOCCOCCOC(=O)OCCl. The Labute approximate surface area is 121 Å². The van der Waals surface area contributed by atoms with Crippen LogP contribution in [-0.2, 0) is 23.7 Å². The summed E-state index contributed by atoms with van der Waals surface area (Å²) in [4.78, 5) is 13.3. The van der Waals surface area contributed by atoms with E-state index in [9.17, 15) is 4.79 Å². The van der Waals surface area contributed by atoms with Gasteiger partial charge in [-0.15, -0.1) is 0 Å². The Morgan fingerprint density at radius 3 is 2.05 bits per heavy atom. The number of halogens is 1. The van der Waals surface area contributed by atoms with Gasteiger partial charge in [-0.2, -0.15) is 0 Å². The molecule has 0 atom stereocenters. The average Bonchev–Trinajstić information content (AvgIpc) is 2.44. The summed E-state index contributed by atoms with van der Waals surface area (Å²) in [6, 6.07) is -0.238. The minimum Gasteiger partial charge on any atom is -0.432 e. The van der Waals surface area contributed by atoms with Crippen LogP contribution in [0.4, 0.5) is 4.79 Å². The molecule has 0 saturated heterocycles. The van der Waals surface area contributed by atoms with Crippen LogP contribution in [0.15, 0.2) is 5.11 Å². The zero-order valence-electron chi connectivity index (χ0n) is 11.0. The van der Waals surface area contributed by atoms with E-state index in [4.69, 9.17) is 31.3 Å². The lowest BCUT2D eigenvalue weighted by molar-refractivity contribution is -0.000509. The molecule has 116 valence electrons. The highest BCUT2D eigenvalue weighted by Crippen LogP contribution is 1.88. The lowest BCUT2D eigenvalue weighted by Crippen LogP contribution is -2.14. The van der Waals surface area contributed by atoms with Gasteiger partial charge in [0.2, 0.25) is 0 Å². The van der Waals surface area contributed by atoms with Gasteiger partial charge in [-0.25, -0.2) is 4.79 Å². The van der Waals surface area contributed by atoms with Crippen molar-refractivity contribution in [2.75, 3.05) is 58.9 Å². The molecular formula is C10H18ClN3O6. The molecule has 20 heavy (non-hydrogen) atoms. The van der Waals surface area contributed by atoms with Gasteiger partial charge < -0.3 is 23.7 Å². The quantitative estimate of drug-likeness (QED) is 0.128. The summed E-state index contributed by atoms with van der Waals surface area (Å²) >= 11 is 5.15. The summed E-state index contributed by atoms with van der Waals surface area (Å²) in [7, 11) is 0. The van der Waals surface area contributed by atoms with Crippen LogP contribution in [0.2, 0.25) is 0 Å². The molecule has 9 nitrogen and oxygen atoms in total. The van der Waals surface area contributed by atoms with Gasteiger partial charge in [0, 0.05) is 11.5 Å². The first-order valence-corrected chi connectivity index (χ1v) is 6.44. The van der Waals surface area contributed by atoms with Gasteiger partial charge in [-0.3, -0.25) is 0 Å². The first kappa shape index (κ1) is 18.8. The number of azide groups is 1. The number of hydrogen-bond donors (Lipinski definition) is 0. The van der Waals surface area contributed by atoms with Gasteiger partial charge in [-0.05, 0) is 5.53 Å². The van der Waals surface area contributed by atoms with E-state index < -0.39 is 6.16 Å². The van der Waals surface area contributed by atoms with Gasteiger partial charge >= 0.3 is 6.16 Å². The fourth-order valence-electron chi connectivity index (χ4n) is 0.962. The van der Waals surface area contributed by atoms with Crippen molar-refractivity contribution in [1.29, 1.82) is 0 Å². The summed E-state index contributed by atoms with van der Waals surface area (Å²) in [5.74, 6) is 0. The van der Waals surface area contributed by atoms with Crippen LogP contribution in [-0.4, -0.2) is 65.0 Å². The fraction of sp³-hybridized carbons (Fsp3) is 0.900. The highest BCUT2D eigenvalue weighted by Gasteiger charge is 2.01. The van der Waals surface area contributed by atoms with Crippen molar-refractivity contribution in [2.24, 2.45) is 5.11 Å². The molecule has 0 rings (SSSR count). The van der Waals surface area contributed by atoms with Crippen LogP contribution in [0.25, 0.3) is 10.4 Å². The van der Waals surface area contributed by atoms with Crippen molar-refractivity contribution in [3.8, 4) is 0 Å². The van der Waals surface area contributed by atoms with Crippen molar-refractivity contribution >= 4 is 17.8 Å². The Kier molecular flexibility index (Phi) is 14.8. The van der Waals surface area contributed by atoms with E-state index in [-0.39, 0.29) is 19.3 Å². The molecule has 0 aromatic heterocycles. The number of ether oxygens (including phenoxy) is 5. The third-order valence-corrected chi connectivity index (χ3v) is 1.87. The number of hydrogen-bond acceptors (Lipinski definition) is 7. The van der Waals surface area contributed by atoms with Crippen LogP contribution in [0.5, 0.6) is 0 Å². The first-order valence-electron chi connectivity index (χ1n) is 5.91. The first-order chi connectivity index (χ1) is 9.81. The molecule has 0 aromatic carbocycles. The number of nitrogens with zero attached hydrogens (tertiary/aromatic N) is 3. The molecule has 0 spiro atoms. The molecule has 0 aliphatic carbocycles. The van der Waals surface area contributed by atoms with E-state index >= 15 is 0 Å². The molecule has 0 unspecified atom stereocenters. The Morgan fingerprint density at radius 2 is 1.50 bits per heavy atom. The second kappa shape index (κ2) is 15.8. The molecule has 0 radical (unpaired) electrons. The predicted octanol–water partition coefficient (Wildman–Crippen LogP) is 1.70. The van der Waals surface area contributed by atoms with Crippen LogP contribution < -0.4 is 0 Å². The van der Waals surface area contributed by atoms with E-state index in [2.05, 4.69) is 19.5 Å². The van der Waals surface area contributed by atoms with Gasteiger partial charge in [0.25, 0.3) is 0 Å². The monoisotopic (exact) mass is 311 g/mol. The van der Waals surface area contributed by atoms with Crippen LogP contribution in [0.3, 0.4) is 0 Å². The number of carbonyl (C=O) groups is 1. The Bertz CT molecular complexity index is 288. The zero-order valence-corrected chi connectivity index (χ0v) is 11.8. The van der Waals surface area contributed by atoms with Crippen molar-refractivity contribution in [3.05, 3.63) is 10.4 Å². The number of rotatable bonds is 13. The lowest BCUT2D eigenvalue weighted by atomic mass is 10.7. The van der Waals surface area contributed by atoms with E-state index in [0.717, 1.165) is 0 Å². The molecule has 0 aromatic rings. The van der Waals surface area contributed by atoms with E-state index in [1.807, 2.05) is 0 Å². The molecule has 0 bridgehead atoms. The van der Waals surface area contributed by atoms with Crippen LogP contribution in [0, 0.1) is 0 Å². The Hall–Kier alpha value is -1.25. The molecule has 0 saturated carbocycles. The standard InChI is InChI=1S/C10H18ClN3O6/c11-9-20-10(15)19-8-7-18-6-5-17-4-3-16-2-1-13-14-12/h1-9H2. The maximum absolute atomic E-state index is 10.7. The molecule has 0 amide bonds. The van der Waals surface area contributed by atoms with Crippen molar-refractivity contribution in [3.63, 3.8) is 0 Å². The van der Waals surface area contributed by atoms with Crippen molar-refractivity contribution < 1.29 is 28.5 Å². The molecule has 0 aliphatic rings. The average molecular weight is 312 g/mol. The third kappa shape index (κ3) is 14.8. The van der Waals surface area contributed by atoms with Gasteiger partial charge in [0.1, 0.15) is 6.61 Å². The Balaban J connectivity index is 3.06. The van der Waals surface area contributed by atoms with Gasteiger partial charge in [0.05, 0.1) is 39.6 Å². The van der Waals surface area contributed by atoms with Gasteiger partial charge in [-0.1, -0.05) is 16.7 Å². The smallest absolute Gasteiger partial charge is 0.432 e. The third-order valence-electron chi connectivity index (χ3n) is 1.76. The highest BCUT2D eigenvalue weighted by molar-refractivity contribution is 6.17. The van der Waals surface area contributed by atoms with Crippen LogP contribution in [0.1, 0.15) is 0 Å². The van der Waals surface area contributed by atoms with Gasteiger partial charge in [0.15, 0.2) is 6.07 Å². The molecule has 10 heteroatoms. The summed E-state index contributed by atoms with van der Waals surface area (Å²) in [6.45, 7) is 2.68. The highest BCUT2D eigenvalue weighted by atomic mass is 35.5. The van der Waals surface area contributed by atoms with E-state index in [1.54, 1.807) is 0 Å². The number of alkyl halides is 1. The normalized spacial score (nSPS) is 9.85. The topological polar surface area (TPSA) is 112 Å². The largest absolute Gasteiger partial charge is 0.509 e. The minimum absolute atomic E-state index is 0.0955. The second-order valence-corrected chi connectivity index (χ2v) is 3.36. The summed E-state index contributed by atoms with van der Waals surface area (Å²) in [5.41, 5.74) is 8.01. The summed E-state index contributed by atoms with van der Waals surface area (Å²) in [5, 5.41) is 3.31. The minimum atomic E-state index is -0.822. The van der Waals surface area contributed by atoms with Crippen molar-refractivity contribution in [1.82, 2.24) is 0 Å². The Morgan fingerprint density at radius 1 is 0.950 bits per heavy atom. The maximum Gasteiger partial charge on any atom is 0.509 e. The van der Waals surface area contributed by atoms with E-state index in [0.29, 0.717) is 39.6 Å². The molecule has 0 fully saturated rings. The van der Waals surface area contributed by atoms with Crippen LogP contribution >= 0.6 is 11.6 Å². The fourth-order valence-corrected chi connectivity index (χ4v) is 1.05. The molecule has 0 N–H and O–H groups in total. The molecular weight excluding hydrogens is 294 g/mol. The second-order valence-electron chi connectivity index (χ2n) is 3.14. The zero-order chi connectivity index (χ0) is 14.9. The summed E-state index contributed by atoms with van der Waals surface area (Å²) in [6.07, 6.45) is -0.822. The lowest BCUT2D eigenvalue weighted by Gasteiger charge is -2.06. The van der Waals surface area contributed by atoms with E-state index in [1.165, 1.54) is 0 Å². The predicted molar refractivity (Wildman–Crippen MR) is 69.6 cm³/mol. The summed E-state index contributed by atoms with van der Waals surface area (Å²) < 4.78 is 24.4. The maximum atomic E-state index is 10.7.